The average molecular weight is 229 g/mol. The van der Waals surface area contributed by atoms with Crippen LogP contribution < -0.4 is 5.32 Å². The van der Waals surface area contributed by atoms with Crippen molar-refractivity contribution in [3.63, 3.8) is 0 Å². The Hall–Kier alpha value is -1.61. The molecule has 0 spiro atoms. The Bertz CT molecular complexity index is 454. The van der Waals surface area contributed by atoms with Gasteiger partial charge in [-0.1, -0.05) is 29.3 Å². The third kappa shape index (κ3) is 3.17. The fourth-order valence-electron chi connectivity index (χ4n) is 2.02. The first-order valence-corrected chi connectivity index (χ1v) is 5.94. The molecule has 1 heterocycles. The van der Waals surface area contributed by atoms with Crippen LogP contribution >= 0.6 is 0 Å². The lowest BCUT2D eigenvalue weighted by Crippen LogP contribution is -2.18. The van der Waals surface area contributed by atoms with Gasteiger partial charge in [-0.2, -0.15) is 0 Å². The standard InChI is InChI=1S/C14H19N3/c1-10-4-11(2)6-13(5-10)12(3)16-8-14-7-15-9-17-14/h4-7,9,12,16H,8H2,1-3H3,(H,15,17). The second-order valence-electron chi connectivity index (χ2n) is 4.60. The Labute approximate surface area is 102 Å². The number of aromatic amines is 1. The molecule has 90 valence electrons. The van der Waals surface area contributed by atoms with Gasteiger partial charge >= 0.3 is 0 Å². The smallest absolute Gasteiger partial charge is 0.0922 e. The third-order valence-electron chi connectivity index (χ3n) is 2.90. The van der Waals surface area contributed by atoms with E-state index in [0.29, 0.717) is 6.04 Å². The summed E-state index contributed by atoms with van der Waals surface area (Å²) in [5.41, 5.74) is 5.08. The first kappa shape index (κ1) is 11.9. The molecule has 1 atom stereocenters. The molecular formula is C14H19N3. The fourth-order valence-corrected chi connectivity index (χ4v) is 2.02. The van der Waals surface area contributed by atoms with Gasteiger partial charge in [0.2, 0.25) is 0 Å². The molecule has 3 nitrogen and oxygen atoms in total. The van der Waals surface area contributed by atoms with Gasteiger partial charge < -0.3 is 10.3 Å². The van der Waals surface area contributed by atoms with E-state index in [2.05, 4.69) is 54.3 Å². The summed E-state index contributed by atoms with van der Waals surface area (Å²) in [6, 6.07) is 7.01. The molecular weight excluding hydrogens is 210 g/mol. The highest BCUT2D eigenvalue weighted by Crippen LogP contribution is 2.16. The summed E-state index contributed by atoms with van der Waals surface area (Å²) < 4.78 is 0. The van der Waals surface area contributed by atoms with Gasteiger partial charge in [0.05, 0.1) is 6.33 Å². The quantitative estimate of drug-likeness (QED) is 0.846. The van der Waals surface area contributed by atoms with E-state index in [9.17, 15) is 0 Å². The third-order valence-corrected chi connectivity index (χ3v) is 2.90. The van der Waals surface area contributed by atoms with Crippen molar-refractivity contribution in [2.24, 2.45) is 0 Å². The number of hydrogen-bond donors (Lipinski definition) is 2. The maximum atomic E-state index is 4.01. The second kappa shape index (κ2) is 5.15. The van der Waals surface area contributed by atoms with Crippen LogP contribution in [0.1, 0.15) is 35.3 Å². The Kier molecular flexibility index (Phi) is 3.59. The van der Waals surface area contributed by atoms with Crippen LogP contribution in [0.2, 0.25) is 0 Å². The molecule has 0 bridgehead atoms. The normalized spacial score (nSPS) is 12.6. The van der Waals surface area contributed by atoms with Crippen molar-refractivity contribution in [3.8, 4) is 0 Å². The minimum atomic E-state index is 0.344. The molecule has 0 aliphatic heterocycles. The largest absolute Gasteiger partial charge is 0.347 e. The van der Waals surface area contributed by atoms with Crippen LogP contribution in [0.15, 0.2) is 30.7 Å². The SMILES string of the molecule is Cc1cc(C)cc(C(C)NCc2cnc[nH]2)c1. The van der Waals surface area contributed by atoms with Crippen molar-refractivity contribution >= 4 is 0 Å². The molecule has 0 fully saturated rings. The molecule has 0 saturated carbocycles. The van der Waals surface area contributed by atoms with E-state index in [0.717, 1.165) is 12.2 Å². The van der Waals surface area contributed by atoms with Gasteiger partial charge in [0.1, 0.15) is 0 Å². The molecule has 0 radical (unpaired) electrons. The van der Waals surface area contributed by atoms with Gasteiger partial charge in [-0.15, -0.1) is 0 Å². The molecule has 2 rings (SSSR count). The summed E-state index contributed by atoms with van der Waals surface area (Å²) >= 11 is 0. The number of nitrogens with one attached hydrogen (secondary N) is 2. The van der Waals surface area contributed by atoms with Crippen LogP contribution in [0, 0.1) is 13.8 Å². The van der Waals surface area contributed by atoms with Crippen LogP contribution in [0.3, 0.4) is 0 Å². The van der Waals surface area contributed by atoms with E-state index >= 15 is 0 Å². The van der Waals surface area contributed by atoms with Crippen molar-refractivity contribution < 1.29 is 0 Å². The molecule has 1 aromatic heterocycles. The fraction of sp³-hybridized carbons (Fsp3) is 0.357. The Morgan fingerprint density at radius 2 is 1.94 bits per heavy atom. The highest BCUT2D eigenvalue weighted by Gasteiger charge is 2.06. The number of rotatable bonds is 4. The molecule has 17 heavy (non-hydrogen) atoms. The maximum Gasteiger partial charge on any atom is 0.0922 e. The van der Waals surface area contributed by atoms with Gasteiger partial charge in [0.15, 0.2) is 0 Å². The van der Waals surface area contributed by atoms with E-state index in [1.165, 1.54) is 16.7 Å². The summed E-state index contributed by atoms with van der Waals surface area (Å²) in [4.78, 5) is 7.10. The Morgan fingerprint density at radius 1 is 1.24 bits per heavy atom. The van der Waals surface area contributed by atoms with Crippen molar-refractivity contribution in [1.29, 1.82) is 0 Å². The summed E-state index contributed by atoms with van der Waals surface area (Å²) in [5.74, 6) is 0. The lowest BCUT2D eigenvalue weighted by molar-refractivity contribution is 0.568. The molecule has 2 N–H and O–H groups in total. The summed E-state index contributed by atoms with van der Waals surface area (Å²) in [7, 11) is 0. The Balaban J connectivity index is 2.01. The zero-order valence-corrected chi connectivity index (χ0v) is 10.6. The van der Waals surface area contributed by atoms with Crippen LogP contribution in [-0.4, -0.2) is 9.97 Å². The van der Waals surface area contributed by atoms with Gasteiger partial charge in [0.25, 0.3) is 0 Å². The number of benzene rings is 1. The van der Waals surface area contributed by atoms with Gasteiger partial charge in [0, 0.05) is 24.5 Å². The molecule has 0 aliphatic carbocycles. The number of nitrogens with zero attached hydrogens (tertiary/aromatic N) is 1. The minimum Gasteiger partial charge on any atom is -0.347 e. The van der Waals surface area contributed by atoms with E-state index in [-0.39, 0.29) is 0 Å². The summed E-state index contributed by atoms with van der Waals surface area (Å²) in [6.07, 6.45) is 3.56. The monoisotopic (exact) mass is 229 g/mol. The van der Waals surface area contributed by atoms with Crippen LogP contribution in [0.4, 0.5) is 0 Å². The number of H-pyrrole nitrogens is 1. The molecule has 2 aromatic rings. The second-order valence-corrected chi connectivity index (χ2v) is 4.60. The van der Waals surface area contributed by atoms with E-state index < -0.39 is 0 Å². The molecule has 1 unspecified atom stereocenters. The van der Waals surface area contributed by atoms with E-state index in [4.69, 9.17) is 0 Å². The highest BCUT2D eigenvalue weighted by atomic mass is 15.0. The van der Waals surface area contributed by atoms with Gasteiger partial charge in [-0.05, 0) is 26.3 Å². The molecule has 0 amide bonds. The predicted octanol–water partition coefficient (Wildman–Crippen LogP) is 2.88. The van der Waals surface area contributed by atoms with E-state index in [1.807, 2.05) is 6.20 Å². The predicted molar refractivity (Wildman–Crippen MR) is 69.8 cm³/mol. The summed E-state index contributed by atoms with van der Waals surface area (Å²) in [5, 5.41) is 3.48. The minimum absolute atomic E-state index is 0.344. The first-order valence-electron chi connectivity index (χ1n) is 5.94. The van der Waals surface area contributed by atoms with Gasteiger partial charge in [-0.3, -0.25) is 0 Å². The zero-order valence-electron chi connectivity index (χ0n) is 10.6. The number of hydrogen-bond acceptors (Lipinski definition) is 2. The average Bonchev–Trinajstić information content (AvgIpc) is 2.77. The number of imidazole rings is 1. The lowest BCUT2D eigenvalue weighted by atomic mass is 10.0. The number of aromatic nitrogens is 2. The van der Waals surface area contributed by atoms with Gasteiger partial charge in [-0.25, -0.2) is 4.98 Å². The van der Waals surface area contributed by atoms with Crippen LogP contribution in [0.25, 0.3) is 0 Å². The Morgan fingerprint density at radius 3 is 2.53 bits per heavy atom. The molecule has 0 aliphatic rings. The zero-order chi connectivity index (χ0) is 12.3. The van der Waals surface area contributed by atoms with Crippen LogP contribution in [0.5, 0.6) is 0 Å². The topological polar surface area (TPSA) is 40.7 Å². The lowest BCUT2D eigenvalue weighted by Gasteiger charge is -2.15. The molecule has 0 saturated heterocycles. The molecule has 1 aromatic carbocycles. The molecule has 3 heteroatoms. The van der Waals surface area contributed by atoms with Crippen molar-refractivity contribution in [3.05, 3.63) is 53.1 Å². The first-order chi connectivity index (χ1) is 8.15. The van der Waals surface area contributed by atoms with Crippen LogP contribution in [-0.2, 0) is 6.54 Å². The van der Waals surface area contributed by atoms with Crippen molar-refractivity contribution in [1.82, 2.24) is 15.3 Å². The van der Waals surface area contributed by atoms with E-state index in [1.54, 1.807) is 6.33 Å². The van der Waals surface area contributed by atoms with Crippen molar-refractivity contribution in [2.75, 3.05) is 0 Å². The number of aryl methyl sites for hydroxylation is 2. The summed E-state index contributed by atoms with van der Waals surface area (Å²) in [6.45, 7) is 7.27. The van der Waals surface area contributed by atoms with Crippen molar-refractivity contribution in [2.45, 2.75) is 33.4 Å². The maximum absolute atomic E-state index is 4.01. The highest BCUT2D eigenvalue weighted by molar-refractivity contribution is 5.30.